The molecule has 0 spiro atoms. The number of piperazine rings is 2. The van der Waals surface area contributed by atoms with Crippen LogP contribution in [0.25, 0.3) is 20.7 Å². The number of carbonyl (C=O) groups is 2. The Kier molecular flexibility index (Phi) is 17.0. The number of benzene rings is 4. The summed E-state index contributed by atoms with van der Waals surface area (Å²) in [5.41, 5.74) is 16.1. The fourth-order valence-corrected chi connectivity index (χ4v) is 10.7. The highest BCUT2D eigenvalue weighted by atomic mass is 79.9. The maximum absolute atomic E-state index is 12.7. The molecule has 0 saturated carbocycles. The van der Waals surface area contributed by atoms with Gasteiger partial charge in [-0.1, -0.05) is 90.4 Å². The van der Waals surface area contributed by atoms with Crippen LogP contribution < -0.4 is 35.5 Å². The molecule has 17 nitrogen and oxygen atoms in total. The topological polar surface area (TPSA) is 204 Å². The predicted molar refractivity (Wildman–Crippen MR) is 295 cm³/mol. The standard InChI is InChI=1S/C26H27BrN6O3S.C25H24BrClN6O2S/c1-35-19-7-9-20(10-8-19)36-16-22(34)32-12-14-33(15-13-32)24-23-25(31-26(28)30-24)37-21(29-23)11-4-17-2-5-18(27)6-3-17;26-17-4-1-16(2-5-17)3-10-20-29-22-23(30-25(28)31-24(22)36-20)33-13-11-32(12-14-33)21(34)15-35-19-8-6-18(27)7-9-19/h2-3,5-10H,4,11-16H2,1H3,(H2,28,30,31);1-2,4-9H,3,10-15H2,(H2,28,30,31). The molecule has 0 aliphatic carbocycles. The van der Waals surface area contributed by atoms with E-state index in [1.54, 1.807) is 83.2 Å². The summed E-state index contributed by atoms with van der Waals surface area (Å²) in [5.74, 6) is 3.81. The van der Waals surface area contributed by atoms with Crippen LogP contribution in [0.15, 0.2) is 106 Å². The Hall–Kier alpha value is -6.39. The molecule has 378 valence electrons. The number of fused-ring (bicyclic) bond motifs is 2. The summed E-state index contributed by atoms with van der Waals surface area (Å²) in [6.45, 7) is 4.76. The van der Waals surface area contributed by atoms with Crippen molar-refractivity contribution in [3.63, 3.8) is 0 Å². The Morgan fingerprint density at radius 1 is 0.534 bits per heavy atom. The summed E-state index contributed by atoms with van der Waals surface area (Å²) in [7, 11) is 1.61. The molecule has 10 rings (SSSR count). The van der Waals surface area contributed by atoms with Crippen molar-refractivity contribution < 1.29 is 23.8 Å². The molecule has 73 heavy (non-hydrogen) atoms. The number of methoxy groups -OCH3 is 1. The molecule has 0 unspecified atom stereocenters. The number of nitrogens with two attached hydrogens (primary N) is 2. The second-order valence-electron chi connectivity index (χ2n) is 17.0. The van der Waals surface area contributed by atoms with Gasteiger partial charge in [0.25, 0.3) is 11.8 Å². The lowest BCUT2D eigenvalue weighted by molar-refractivity contribution is -0.134. The first-order valence-electron chi connectivity index (χ1n) is 23.5. The zero-order chi connectivity index (χ0) is 50.8. The van der Waals surface area contributed by atoms with E-state index in [2.05, 4.69) is 85.9 Å². The number of ether oxygens (including phenoxy) is 3. The first-order chi connectivity index (χ1) is 35.4. The van der Waals surface area contributed by atoms with Gasteiger partial charge in [0.1, 0.15) is 28.3 Å². The van der Waals surface area contributed by atoms with Crippen molar-refractivity contribution in [3.8, 4) is 17.2 Å². The van der Waals surface area contributed by atoms with Gasteiger partial charge in [-0.25, -0.2) is 19.9 Å². The third-order valence-corrected chi connectivity index (χ3v) is 15.5. The van der Waals surface area contributed by atoms with E-state index in [1.807, 2.05) is 29.2 Å². The summed E-state index contributed by atoms with van der Waals surface area (Å²) in [5, 5.41) is 2.63. The quantitative estimate of drug-likeness (QED) is 0.0987. The minimum Gasteiger partial charge on any atom is -0.497 e. The molecule has 2 fully saturated rings. The van der Waals surface area contributed by atoms with Gasteiger partial charge >= 0.3 is 0 Å². The molecule has 2 saturated heterocycles. The fourth-order valence-electron chi connectivity index (χ4n) is 8.20. The van der Waals surface area contributed by atoms with E-state index in [4.69, 9.17) is 47.2 Å². The highest BCUT2D eigenvalue weighted by molar-refractivity contribution is 9.10. The maximum atomic E-state index is 12.7. The Morgan fingerprint density at radius 3 is 1.32 bits per heavy atom. The number of hydrogen-bond acceptors (Lipinski definition) is 17. The van der Waals surface area contributed by atoms with Gasteiger partial charge in [0.05, 0.1) is 17.1 Å². The van der Waals surface area contributed by atoms with E-state index >= 15 is 0 Å². The van der Waals surface area contributed by atoms with Crippen LogP contribution in [0.4, 0.5) is 23.5 Å². The lowest BCUT2D eigenvalue weighted by Crippen LogP contribution is -2.50. The zero-order valence-corrected chi connectivity index (χ0v) is 45.3. The van der Waals surface area contributed by atoms with E-state index in [1.165, 1.54) is 11.1 Å². The minimum atomic E-state index is -0.0548. The van der Waals surface area contributed by atoms with Gasteiger partial charge in [0, 0.05) is 79.2 Å². The van der Waals surface area contributed by atoms with Crippen LogP contribution in [0.1, 0.15) is 21.1 Å². The SMILES string of the molecule is COc1ccc(OCC(=O)N2CCN(c3nc(N)nc4sc(CCc5ccc(Br)cc5)nc34)CC2)cc1.Nc1nc(N2CCN(C(=O)COc3ccc(Cl)cc3)CC2)c2nc(CCc3ccc(Br)cc3)sc2n1. The molecule has 22 heteroatoms. The number of anilines is 4. The Labute approximate surface area is 451 Å². The molecular weight excluding hydrogens is 1120 g/mol. The molecule has 0 atom stereocenters. The molecule has 2 aliphatic rings. The monoisotopic (exact) mass is 1170 g/mol. The smallest absolute Gasteiger partial charge is 0.260 e. The molecule has 4 aromatic heterocycles. The van der Waals surface area contributed by atoms with Crippen molar-refractivity contribution in [1.29, 1.82) is 0 Å². The Balaban J connectivity index is 0.000000180. The largest absolute Gasteiger partial charge is 0.497 e. The number of nitrogens with zero attached hydrogens (tertiary/aromatic N) is 10. The number of carbonyl (C=O) groups excluding carboxylic acids is 2. The first-order valence-corrected chi connectivity index (χ1v) is 27.1. The molecule has 2 aliphatic heterocycles. The molecule has 0 bridgehead atoms. The number of thiazole rings is 2. The van der Waals surface area contributed by atoms with E-state index in [9.17, 15) is 9.59 Å². The number of amides is 2. The van der Waals surface area contributed by atoms with Gasteiger partial charge < -0.3 is 45.3 Å². The van der Waals surface area contributed by atoms with Crippen LogP contribution in [0.5, 0.6) is 17.2 Å². The van der Waals surface area contributed by atoms with Gasteiger partial charge in [-0.3, -0.25) is 9.59 Å². The van der Waals surface area contributed by atoms with Crippen LogP contribution in [-0.4, -0.2) is 124 Å². The van der Waals surface area contributed by atoms with E-state index in [0.29, 0.717) is 68.9 Å². The van der Waals surface area contributed by atoms with E-state index in [0.717, 1.165) is 82.7 Å². The third-order valence-electron chi connectivity index (χ3n) is 12.1. The van der Waals surface area contributed by atoms with Crippen molar-refractivity contribution >= 4 is 122 Å². The number of halogens is 3. The van der Waals surface area contributed by atoms with Gasteiger partial charge in [0.15, 0.2) is 34.5 Å². The zero-order valence-electron chi connectivity index (χ0n) is 39.8. The fraction of sp³-hybridized carbons (Fsp3) is 0.294. The van der Waals surface area contributed by atoms with Gasteiger partial charge in [-0.05, 0) is 96.8 Å². The summed E-state index contributed by atoms with van der Waals surface area (Å²) >= 11 is 16.0. The summed E-state index contributed by atoms with van der Waals surface area (Å²) < 4.78 is 18.6. The highest BCUT2D eigenvalue weighted by Gasteiger charge is 2.27. The third kappa shape index (κ3) is 13.6. The number of aryl methyl sites for hydroxylation is 4. The molecule has 4 aromatic carbocycles. The highest BCUT2D eigenvalue weighted by Crippen LogP contribution is 2.32. The van der Waals surface area contributed by atoms with Gasteiger partial charge in [-0.15, -0.1) is 0 Å². The lowest BCUT2D eigenvalue weighted by atomic mass is 10.1. The summed E-state index contributed by atoms with van der Waals surface area (Å²) in [6.07, 6.45) is 3.42. The van der Waals surface area contributed by atoms with E-state index < -0.39 is 0 Å². The Morgan fingerprint density at radius 2 is 0.918 bits per heavy atom. The van der Waals surface area contributed by atoms with Gasteiger partial charge in [0.2, 0.25) is 11.9 Å². The number of nitrogen functional groups attached to an aromatic ring is 2. The van der Waals surface area contributed by atoms with Crippen molar-refractivity contribution in [2.24, 2.45) is 0 Å². The maximum Gasteiger partial charge on any atom is 0.260 e. The predicted octanol–water partition coefficient (Wildman–Crippen LogP) is 8.55. The molecule has 8 aromatic rings. The van der Waals surface area contributed by atoms with Crippen molar-refractivity contribution in [2.75, 3.05) is 93.9 Å². The van der Waals surface area contributed by atoms with Crippen LogP contribution in [0, 0.1) is 0 Å². The number of hydrogen-bond donors (Lipinski definition) is 2. The van der Waals surface area contributed by atoms with E-state index in [-0.39, 0.29) is 36.9 Å². The first kappa shape index (κ1) is 51.5. The van der Waals surface area contributed by atoms with Crippen molar-refractivity contribution in [3.05, 3.63) is 132 Å². The molecule has 2 amide bonds. The van der Waals surface area contributed by atoms with Crippen LogP contribution in [0.3, 0.4) is 0 Å². The average molecular weight is 1170 g/mol. The van der Waals surface area contributed by atoms with Crippen LogP contribution in [-0.2, 0) is 35.3 Å². The van der Waals surface area contributed by atoms with Crippen LogP contribution >= 0.6 is 66.1 Å². The normalized spacial score (nSPS) is 13.8. The summed E-state index contributed by atoms with van der Waals surface area (Å²) in [6, 6.07) is 30.8. The second kappa shape index (κ2) is 24.1. The molecule has 0 radical (unpaired) electrons. The summed E-state index contributed by atoms with van der Waals surface area (Å²) in [4.78, 5) is 62.4. The molecule has 4 N–H and O–H groups in total. The molecule has 6 heterocycles. The average Bonchev–Trinajstić information content (AvgIpc) is 4.03. The van der Waals surface area contributed by atoms with Gasteiger partial charge in [-0.2, -0.15) is 9.97 Å². The van der Waals surface area contributed by atoms with Crippen LogP contribution in [0.2, 0.25) is 5.02 Å². The van der Waals surface area contributed by atoms with Crippen molar-refractivity contribution in [1.82, 2.24) is 39.7 Å². The Bertz CT molecular complexity index is 3150. The minimum absolute atomic E-state index is 0.00908. The number of rotatable bonds is 15. The van der Waals surface area contributed by atoms with Crippen molar-refractivity contribution in [2.45, 2.75) is 25.7 Å². The molecular formula is C51H51Br2ClN12O5S2. The second-order valence-corrected chi connectivity index (χ2v) is 21.4. The lowest BCUT2D eigenvalue weighted by Gasteiger charge is -2.35. The number of aromatic nitrogens is 6.